The van der Waals surface area contributed by atoms with Crippen molar-refractivity contribution in [1.82, 2.24) is 4.90 Å². The normalized spacial score (nSPS) is 29.5. The van der Waals surface area contributed by atoms with E-state index in [2.05, 4.69) is 25.8 Å². The fraction of sp³-hybridized carbons (Fsp3) is 1.00. The van der Waals surface area contributed by atoms with E-state index in [1.54, 1.807) is 0 Å². The molecule has 1 aliphatic rings. The van der Waals surface area contributed by atoms with Crippen LogP contribution in [0.4, 0.5) is 0 Å². The standard InChI is InChI=1S/C10H21NO/c1-8(2)6-11(3)7-9-4-10(12)5-9/h8-10,12H,4-7H2,1-3H3. The molecule has 72 valence electrons. The van der Waals surface area contributed by atoms with Crippen LogP contribution in [0.25, 0.3) is 0 Å². The molecule has 1 rings (SSSR count). The van der Waals surface area contributed by atoms with E-state index >= 15 is 0 Å². The Morgan fingerprint density at radius 2 is 2.00 bits per heavy atom. The van der Waals surface area contributed by atoms with Crippen molar-refractivity contribution in [2.75, 3.05) is 20.1 Å². The molecule has 0 aliphatic heterocycles. The summed E-state index contributed by atoms with van der Waals surface area (Å²) in [4.78, 5) is 2.38. The van der Waals surface area contributed by atoms with Gasteiger partial charge in [0, 0.05) is 13.1 Å². The first-order chi connectivity index (χ1) is 5.58. The van der Waals surface area contributed by atoms with Gasteiger partial charge in [-0.05, 0) is 31.7 Å². The predicted octanol–water partition coefficient (Wildman–Crippen LogP) is 1.35. The summed E-state index contributed by atoms with van der Waals surface area (Å²) in [5.41, 5.74) is 0. The highest BCUT2D eigenvalue weighted by molar-refractivity contribution is 4.80. The Balaban J connectivity index is 2.06. The van der Waals surface area contributed by atoms with Crippen molar-refractivity contribution in [3.05, 3.63) is 0 Å². The lowest BCUT2D eigenvalue weighted by Gasteiger charge is -2.34. The smallest absolute Gasteiger partial charge is 0.0546 e. The number of hydrogen-bond donors (Lipinski definition) is 1. The molecule has 0 bridgehead atoms. The molecule has 12 heavy (non-hydrogen) atoms. The van der Waals surface area contributed by atoms with Crippen molar-refractivity contribution in [2.24, 2.45) is 11.8 Å². The Labute approximate surface area is 75.6 Å². The predicted molar refractivity (Wildman–Crippen MR) is 51.1 cm³/mol. The van der Waals surface area contributed by atoms with Gasteiger partial charge < -0.3 is 10.0 Å². The van der Waals surface area contributed by atoms with Crippen LogP contribution < -0.4 is 0 Å². The summed E-state index contributed by atoms with van der Waals surface area (Å²) >= 11 is 0. The SMILES string of the molecule is CC(C)CN(C)CC1CC(O)C1. The second kappa shape index (κ2) is 4.24. The van der Waals surface area contributed by atoms with E-state index in [-0.39, 0.29) is 6.10 Å². The zero-order valence-electron chi connectivity index (χ0n) is 8.45. The maximum Gasteiger partial charge on any atom is 0.0546 e. The Morgan fingerprint density at radius 3 is 2.42 bits per heavy atom. The minimum absolute atomic E-state index is 0.00227. The lowest BCUT2D eigenvalue weighted by Crippen LogP contribution is -2.38. The van der Waals surface area contributed by atoms with Gasteiger partial charge in [0.1, 0.15) is 0 Å². The van der Waals surface area contributed by atoms with Gasteiger partial charge in [-0.2, -0.15) is 0 Å². The Bertz CT molecular complexity index is 130. The molecule has 0 spiro atoms. The van der Waals surface area contributed by atoms with Crippen molar-refractivity contribution >= 4 is 0 Å². The van der Waals surface area contributed by atoms with Crippen LogP contribution in [0.15, 0.2) is 0 Å². The van der Waals surface area contributed by atoms with E-state index in [9.17, 15) is 0 Å². The van der Waals surface area contributed by atoms with Crippen LogP contribution in [0.5, 0.6) is 0 Å². The van der Waals surface area contributed by atoms with Gasteiger partial charge in [0.25, 0.3) is 0 Å². The van der Waals surface area contributed by atoms with E-state index < -0.39 is 0 Å². The van der Waals surface area contributed by atoms with Gasteiger partial charge in [-0.25, -0.2) is 0 Å². The average molecular weight is 171 g/mol. The van der Waals surface area contributed by atoms with Crippen LogP contribution in [0.3, 0.4) is 0 Å². The molecule has 0 atom stereocenters. The van der Waals surface area contributed by atoms with Crippen molar-refractivity contribution in [1.29, 1.82) is 0 Å². The third-order valence-corrected chi connectivity index (χ3v) is 2.46. The number of aliphatic hydroxyl groups is 1. The highest BCUT2D eigenvalue weighted by Gasteiger charge is 2.27. The average Bonchev–Trinajstić information content (AvgIpc) is 1.82. The van der Waals surface area contributed by atoms with Crippen LogP contribution in [-0.2, 0) is 0 Å². The molecule has 0 unspecified atom stereocenters. The van der Waals surface area contributed by atoms with E-state index in [1.165, 1.54) is 6.54 Å². The van der Waals surface area contributed by atoms with Crippen molar-refractivity contribution in [2.45, 2.75) is 32.8 Å². The monoisotopic (exact) mass is 171 g/mol. The Hall–Kier alpha value is -0.0800. The van der Waals surface area contributed by atoms with Gasteiger partial charge in [0.05, 0.1) is 6.10 Å². The molecule has 0 heterocycles. The van der Waals surface area contributed by atoms with Crippen LogP contribution in [0.2, 0.25) is 0 Å². The second-order valence-corrected chi connectivity index (χ2v) is 4.61. The summed E-state index contributed by atoms with van der Waals surface area (Å²) in [6.45, 7) is 6.82. The molecule has 0 saturated heterocycles. The number of aliphatic hydroxyl groups excluding tert-OH is 1. The zero-order chi connectivity index (χ0) is 9.14. The van der Waals surface area contributed by atoms with Gasteiger partial charge in [0.15, 0.2) is 0 Å². The Kier molecular flexibility index (Phi) is 3.53. The summed E-state index contributed by atoms with van der Waals surface area (Å²) in [5.74, 6) is 1.50. The van der Waals surface area contributed by atoms with E-state index in [4.69, 9.17) is 5.11 Å². The summed E-state index contributed by atoms with van der Waals surface area (Å²) < 4.78 is 0. The summed E-state index contributed by atoms with van der Waals surface area (Å²) in [6.07, 6.45) is 2.03. The molecule has 2 nitrogen and oxygen atoms in total. The quantitative estimate of drug-likeness (QED) is 0.690. The van der Waals surface area contributed by atoms with E-state index in [1.807, 2.05) is 0 Å². The minimum Gasteiger partial charge on any atom is -0.393 e. The fourth-order valence-corrected chi connectivity index (χ4v) is 1.99. The van der Waals surface area contributed by atoms with E-state index in [0.717, 1.165) is 31.2 Å². The van der Waals surface area contributed by atoms with Gasteiger partial charge in [0.2, 0.25) is 0 Å². The van der Waals surface area contributed by atoms with Gasteiger partial charge >= 0.3 is 0 Å². The van der Waals surface area contributed by atoms with Crippen molar-refractivity contribution in [3.8, 4) is 0 Å². The second-order valence-electron chi connectivity index (χ2n) is 4.61. The first-order valence-corrected chi connectivity index (χ1v) is 4.94. The lowest BCUT2D eigenvalue weighted by atomic mass is 9.82. The zero-order valence-corrected chi connectivity index (χ0v) is 8.45. The maximum absolute atomic E-state index is 9.09. The molecule has 0 aromatic carbocycles. The van der Waals surface area contributed by atoms with Crippen molar-refractivity contribution < 1.29 is 5.11 Å². The minimum atomic E-state index is 0.00227. The highest BCUT2D eigenvalue weighted by Crippen LogP contribution is 2.27. The molecule has 1 aliphatic carbocycles. The molecule has 2 heteroatoms. The molecule has 0 aromatic heterocycles. The molecule has 1 saturated carbocycles. The lowest BCUT2D eigenvalue weighted by molar-refractivity contribution is 0.0270. The van der Waals surface area contributed by atoms with Crippen molar-refractivity contribution in [3.63, 3.8) is 0 Å². The Morgan fingerprint density at radius 1 is 1.42 bits per heavy atom. The van der Waals surface area contributed by atoms with Gasteiger partial charge in [-0.15, -0.1) is 0 Å². The maximum atomic E-state index is 9.09. The molecular formula is C10H21NO. The molecule has 1 N–H and O–H groups in total. The molecule has 0 radical (unpaired) electrons. The van der Waals surface area contributed by atoms with Crippen LogP contribution in [-0.4, -0.2) is 36.2 Å². The molecule has 0 amide bonds. The third-order valence-electron chi connectivity index (χ3n) is 2.46. The summed E-state index contributed by atoms with van der Waals surface area (Å²) in [5, 5.41) is 9.09. The summed E-state index contributed by atoms with van der Waals surface area (Å²) in [7, 11) is 2.17. The highest BCUT2D eigenvalue weighted by atomic mass is 16.3. The number of rotatable bonds is 4. The first kappa shape index (κ1) is 10.0. The fourth-order valence-electron chi connectivity index (χ4n) is 1.99. The van der Waals surface area contributed by atoms with E-state index in [0.29, 0.717) is 0 Å². The molecule has 1 fully saturated rings. The van der Waals surface area contributed by atoms with Crippen LogP contribution in [0, 0.1) is 11.8 Å². The first-order valence-electron chi connectivity index (χ1n) is 4.94. The summed E-state index contributed by atoms with van der Waals surface area (Å²) in [6, 6.07) is 0. The van der Waals surface area contributed by atoms with Crippen LogP contribution in [0.1, 0.15) is 26.7 Å². The molecule has 0 aromatic rings. The van der Waals surface area contributed by atoms with Gasteiger partial charge in [-0.3, -0.25) is 0 Å². The third kappa shape index (κ3) is 3.11. The topological polar surface area (TPSA) is 23.5 Å². The van der Waals surface area contributed by atoms with Gasteiger partial charge in [-0.1, -0.05) is 13.8 Å². The van der Waals surface area contributed by atoms with Crippen LogP contribution >= 0.6 is 0 Å². The number of nitrogens with zero attached hydrogens (tertiary/aromatic N) is 1. The number of hydrogen-bond acceptors (Lipinski definition) is 2. The molecular weight excluding hydrogens is 150 g/mol. The largest absolute Gasteiger partial charge is 0.393 e.